The maximum atomic E-state index is 12.0. The molecule has 1 unspecified atom stereocenters. The summed E-state index contributed by atoms with van der Waals surface area (Å²) in [6, 6.07) is 0. The van der Waals surface area contributed by atoms with E-state index in [9.17, 15) is 4.79 Å². The highest BCUT2D eigenvalue weighted by Crippen LogP contribution is 2.40. The first kappa shape index (κ1) is 15.3. The third kappa shape index (κ3) is 3.14. The normalized spacial score (nSPS) is 17.1. The Morgan fingerprint density at radius 3 is 2.90 bits per heavy atom. The Morgan fingerprint density at radius 1 is 1.45 bits per heavy atom. The predicted octanol–water partition coefficient (Wildman–Crippen LogP) is 3.36. The van der Waals surface area contributed by atoms with E-state index in [-0.39, 0.29) is 11.9 Å². The van der Waals surface area contributed by atoms with E-state index in [0.29, 0.717) is 6.61 Å². The van der Waals surface area contributed by atoms with Crippen molar-refractivity contribution in [3.05, 3.63) is 10.6 Å². The summed E-state index contributed by atoms with van der Waals surface area (Å²) in [5, 5.41) is 1.07. The number of aryl methyl sites for hydroxylation is 1. The van der Waals surface area contributed by atoms with Crippen molar-refractivity contribution in [2.75, 3.05) is 24.6 Å². The van der Waals surface area contributed by atoms with E-state index in [1.165, 1.54) is 17.7 Å². The van der Waals surface area contributed by atoms with Gasteiger partial charge in [-0.2, -0.15) is 0 Å². The number of anilines is 1. The molecule has 0 saturated heterocycles. The second kappa shape index (κ2) is 7.07. The standard InChI is InChI=1S/C15H24N2O2S/c1-4-7-10-17(5-2)15-16-13-11(14(18)19-6-3)8-9-12(13)20-15/h11H,4-10H2,1-3H3. The van der Waals surface area contributed by atoms with Crippen LogP contribution in [0.1, 0.15) is 56.5 Å². The smallest absolute Gasteiger partial charge is 0.315 e. The summed E-state index contributed by atoms with van der Waals surface area (Å²) < 4.78 is 5.16. The topological polar surface area (TPSA) is 42.4 Å². The summed E-state index contributed by atoms with van der Waals surface area (Å²) in [5.41, 5.74) is 0.971. The van der Waals surface area contributed by atoms with Gasteiger partial charge in [-0.3, -0.25) is 4.79 Å². The molecular weight excluding hydrogens is 272 g/mol. The van der Waals surface area contributed by atoms with E-state index >= 15 is 0 Å². The number of hydrogen-bond donors (Lipinski definition) is 0. The van der Waals surface area contributed by atoms with Crippen LogP contribution >= 0.6 is 11.3 Å². The number of aromatic nitrogens is 1. The van der Waals surface area contributed by atoms with E-state index in [4.69, 9.17) is 9.72 Å². The van der Waals surface area contributed by atoms with Gasteiger partial charge in [-0.15, -0.1) is 11.3 Å². The lowest BCUT2D eigenvalue weighted by molar-refractivity contribution is -0.145. The molecule has 112 valence electrons. The number of carbonyl (C=O) groups excluding carboxylic acids is 1. The van der Waals surface area contributed by atoms with Crippen molar-refractivity contribution in [1.82, 2.24) is 4.98 Å². The molecule has 0 aromatic carbocycles. The number of unbranched alkanes of at least 4 members (excludes halogenated alkanes) is 1. The second-order valence-corrected chi connectivity index (χ2v) is 6.14. The predicted molar refractivity (Wildman–Crippen MR) is 82.6 cm³/mol. The third-order valence-electron chi connectivity index (χ3n) is 3.71. The average molecular weight is 296 g/mol. The lowest BCUT2D eigenvalue weighted by Gasteiger charge is -2.19. The molecule has 1 atom stereocenters. The number of hydrogen-bond acceptors (Lipinski definition) is 5. The van der Waals surface area contributed by atoms with Gasteiger partial charge in [0.15, 0.2) is 5.13 Å². The zero-order valence-electron chi connectivity index (χ0n) is 12.6. The summed E-state index contributed by atoms with van der Waals surface area (Å²) in [6.45, 7) is 8.67. The Morgan fingerprint density at radius 2 is 2.25 bits per heavy atom. The summed E-state index contributed by atoms with van der Waals surface area (Å²) in [6.07, 6.45) is 4.18. The Balaban J connectivity index is 2.13. The van der Waals surface area contributed by atoms with E-state index in [1.54, 1.807) is 11.3 Å². The van der Waals surface area contributed by atoms with Gasteiger partial charge >= 0.3 is 5.97 Å². The second-order valence-electron chi connectivity index (χ2n) is 5.08. The minimum absolute atomic E-state index is 0.111. The van der Waals surface area contributed by atoms with Crippen LogP contribution < -0.4 is 4.90 Å². The molecule has 0 saturated carbocycles. The van der Waals surface area contributed by atoms with Crippen molar-refractivity contribution in [2.24, 2.45) is 0 Å². The average Bonchev–Trinajstić information content (AvgIpc) is 2.99. The number of ether oxygens (including phenoxy) is 1. The minimum atomic E-state index is -0.139. The molecule has 0 bridgehead atoms. The zero-order valence-corrected chi connectivity index (χ0v) is 13.5. The van der Waals surface area contributed by atoms with Gasteiger partial charge in [0, 0.05) is 18.0 Å². The van der Waals surface area contributed by atoms with Crippen molar-refractivity contribution in [3.63, 3.8) is 0 Å². The summed E-state index contributed by atoms with van der Waals surface area (Å²) in [5.74, 6) is -0.250. The van der Waals surface area contributed by atoms with Gasteiger partial charge in [-0.25, -0.2) is 4.98 Å². The fraction of sp³-hybridized carbons (Fsp3) is 0.733. The summed E-state index contributed by atoms with van der Waals surface area (Å²) >= 11 is 1.75. The molecule has 0 radical (unpaired) electrons. The molecule has 0 N–H and O–H groups in total. The molecule has 1 aromatic rings. The van der Waals surface area contributed by atoms with Crippen LogP contribution in [0.5, 0.6) is 0 Å². The van der Waals surface area contributed by atoms with E-state index in [2.05, 4.69) is 18.7 Å². The molecule has 0 spiro atoms. The third-order valence-corrected chi connectivity index (χ3v) is 4.90. The molecule has 20 heavy (non-hydrogen) atoms. The Kier molecular flexibility index (Phi) is 5.40. The molecule has 4 nitrogen and oxygen atoms in total. The van der Waals surface area contributed by atoms with Gasteiger partial charge in [0.1, 0.15) is 5.92 Å². The molecule has 0 amide bonds. The van der Waals surface area contributed by atoms with Crippen LogP contribution in [0.3, 0.4) is 0 Å². The zero-order chi connectivity index (χ0) is 14.5. The van der Waals surface area contributed by atoms with Crippen LogP contribution in [0.2, 0.25) is 0 Å². The molecule has 0 fully saturated rings. The molecule has 1 aliphatic carbocycles. The highest BCUT2D eigenvalue weighted by Gasteiger charge is 2.34. The van der Waals surface area contributed by atoms with Crippen LogP contribution in [0.25, 0.3) is 0 Å². The van der Waals surface area contributed by atoms with E-state index in [1.807, 2.05) is 6.92 Å². The van der Waals surface area contributed by atoms with Crippen LogP contribution in [0.15, 0.2) is 0 Å². The van der Waals surface area contributed by atoms with Gasteiger partial charge < -0.3 is 9.64 Å². The lowest BCUT2D eigenvalue weighted by atomic mass is 10.1. The first-order valence-corrected chi connectivity index (χ1v) is 8.44. The number of fused-ring (bicyclic) bond motifs is 1. The summed E-state index contributed by atoms with van der Waals surface area (Å²) in [4.78, 5) is 20.3. The number of esters is 1. The van der Waals surface area contributed by atoms with Crippen molar-refractivity contribution >= 4 is 22.4 Å². The first-order chi connectivity index (χ1) is 9.71. The highest BCUT2D eigenvalue weighted by molar-refractivity contribution is 7.15. The summed E-state index contributed by atoms with van der Waals surface area (Å²) in [7, 11) is 0. The first-order valence-electron chi connectivity index (χ1n) is 7.62. The van der Waals surface area contributed by atoms with Gasteiger partial charge in [-0.05, 0) is 33.1 Å². The van der Waals surface area contributed by atoms with Crippen molar-refractivity contribution in [1.29, 1.82) is 0 Å². The molecule has 0 aliphatic heterocycles. The fourth-order valence-corrected chi connectivity index (χ4v) is 3.79. The van der Waals surface area contributed by atoms with Gasteiger partial charge in [0.2, 0.25) is 0 Å². The molecule has 1 heterocycles. The van der Waals surface area contributed by atoms with Crippen LogP contribution in [-0.2, 0) is 16.0 Å². The van der Waals surface area contributed by atoms with Crippen molar-refractivity contribution in [2.45, 2.75) is 52.4 Å². The minimum Gasteiger partial charge on any atom is -0.465 e. The van der Waals surface area contributed by atoms with Crippen molar-refractivity contribution in [3.8, 4) is 0 Å². The SMILES string of the molecule is CCCCN(CC)c1nc2c(s1)CCC2C(=O)OCC. The molecule has 1 aromatic heterocycles. The largest absolute Gasteiger partial charge is 0.465 e. The fourth-order valence-electron chi connectivity index (χ4n) is 2.56. The number of thiazole rings is 1. The maximum Gasteiger partial charge on any atom is 0.315 e. The Hall–Kier alpha value is -1.10. The number of nitrogens with zero attached hydrogens (tertiary/aromatic N) is 2. The van der Waals surface area contributed by atoms with Gasteiger partial charge in [-0.1, -0.05) is 13.3 Å². The van der Waals surface area contributed by atoms with Gasteiger partial charge in [0.25, 0.3) is 0 Å². The molecular formula is C15H24N2O2S. The molecule has 2 rings (SSSR count). The lowest BCUT2D eigenvalue weighted by Crippen LogP contribution is -2.24. The monoisotopic (exact) mass is 296 g/mol. The maximum absolute atomic E-state index is 12.0. The number of carbonyl (C=O) groups is 1. The van der Waals surface area contributed by atoms with E-state index in [0.717, 1.165) is 36.8 Å². The van der Waals surface area contributed by atoms with Crippen LogP contribution in [0.4, 0.5) is 5.13 Å². The van der Waals surface area contributed by atoms with Gasteiger partial charge in [0.05, 0.1) is 12.3 Å². The van der Waals surface area contributed by atoms with Crippen molar-refractivity contribution < 1.29 is 9.53 Å². The highest BCUT2D eigenvalue weighted by atomic mass is 32.1. The Bertz CT molecular complexity index is 459. The quantitative estimate of drug-likeness (QED) is 0.724. The molecule has 1 aliphatic rings. The van der Waals surface area contributed by atoms with E-state index < -0.39 is 0 Å². The Labute approximate surface area is 125 Å². The molecule has 5 heteroatoms. The van der Waals surface area contributed by atoms with Crippen LogP contribution in [-0.4, -0.2) is 30.6 Å². The van der Waals surface area contributed by atoms with Crippen LogP contribution in [0, 0.1) is 0 Å². The number of rotatable bonds is 7.